The van der Waals surface area contributed by atoms with E-state index in [9.17, 15) is 5.11 Å². The van der Waals surface area contributed by atoms with Crippen LogP contribution >= 0.6 is 11.6 Å². The highest BCUT2D eigenvalue weighted by molar-refractivity contribution is 6.30. The fourth-order valence-electron chi connectivity index (χ4n) is 1.79. The van der Waals surface area contributed by atoms with Crippen LogP contribution in [0.15, 0.2) is 24.3 Å². The summed E-state index contributed by atoms with van der Waals surface area (Å²) in [5.41, 5.74) is 1.24. The van der Waals surface area contributed by atoms with Crippen molar-refractivity contribution in [3.8, 4) is 0 Å². The summed E-state index contributed by atoms with van der Waals surface area (Å²) >= 11 is 5.80. The van der Waals surface area contributed by atoms with E-state index in [1.54, 1.807) is 0 Å². The van der Waals surface area contributed by atoms with Gasteiger partial charge in [-0.15, -0.1) is 0 Å². The first-order valence-corrected chi connectivity index (χ1v) is 5.87. The summed E-state index contributed by atoms with van der Waals surface area (Å²) in [6, 6.07) is 7.90. The molecule has 4 heteroatoms. The van der Waals surface area contributed by atoms with Crippen LogP contribution < -0.4 is 5.32 Å². The van der Waals surface area contributed by atoms with Crippen molar-refractivity contribution in [2.24, 2.45) is 0 Å². The third-order valence-electron chi connectivity index (χ3n) is 2.78. The molecular formula is C12H16ClNO2. The number of hydrogen-bond donors (Lipinski definition) is 2. The van der Waals surface area contributed by atoms with Gasteiger partial charge in [-0.25, -0.2) is 0 Å². The van der Waals surface area contributed by atoms with E-state index >= 15 is 0 Å². The van der Waals surface area contributed by atoms with Crippen molar-refractivity contribution >= 4 is 11.6 Å². The fraction of sp³-hybridized carbons (Fsp3) is 0.500. The molecule has 0 radical (unpaired) electrons. The number of nitrogens with one attached hydrogen (secondary N) is 1. The van der Waals surface area contributed by atoms with Crippen LogP contribution in [0.3, 0.4) is 0 Å². The molecule has 0 aliphatic carbocycles. The maximum absolute atomic E-state index is 9.52. The zero-order chi connectivity index (χ0) is 11.4. The van der Waals surface area contributed by atoms with E-state index in [1.165, 1.54) is 5.56 Å². The second kappa shape index (κ2) is 5.64. The Kier molecular flexibility index (Phi) is 4.18. The third-order valence-corrected chi connectivity index (χ3v) is 3.04. The van der Waals surface area contributed by atoms with Crippen LogP contribution in [-0.4, -0.2) is 37.0 Å². The lowest BCUT2D eigenvalue weighted by Gasteiger charge is -2.14. The largest absolute Gasteiger partial charge is 0.389 e. The first-order chi connectivity index (χ1) is 7.75. The zero-order valence-corrected chi connectivity index (χ0v) is 9.78. The average Bonchev–Trinajstić information content (AvgIpc) is 2.68. The molecule has 1 aromatic carbocycles. The SMILES string of the molecule is OC1COCC1NCCc1ccc(Cl)cc1. The quantitative estimate of drug-likeness (QED) is 0.833. The molecular weight excluding hydrogens is 226 g/mol. The summed E-state index contributed by atoms with van der Waals surface area (Å²) < 4.78 is 5.16. The zero-order valence-electron chi connectivity index (χ0n) is 9.03. The van der Waals surface area contributed by atoms with Crippen LogP contribution in [0.1, 0.15) is 5.56 Å². The lowest BCUT2D eigenvalue weighted by Crippen LogP contribution is -2.39. The normalized spacial score (nSPS) is 24.9. The first kappa shape index (κ1) is 11.9. The van der Waals surface area contributed by atoms with Gasteiger partial charge in [0, 0.05) is 5.02 Å². The van der Waals surface area contributed by atoms with Crippen molar-refractivity contribution < 1.29 is 9.84 Å². The van der Waals surface area contributed by atoms with Crippen LogP contribution in [0.4, 0.5) is 0 Å². The molecule has 1 aliphatic heterocycles. The molecule has 1 aliphatic rings. The second-order valence-electron chi connectivity index (χ2n) is 4.04. The Morgan fingerprint density at radius 3 is 2.69 bits per heavy atom. The van der Waals surface area contributed by atoms with Gasteiger partial charge >= 0.3 is 0 Å². The number of benzene rings is 1. The van der Waals surface area contributed by atoms with E-state index in [1.807, 2.05) is 24.3 Å². The van der Waals surface area contributed by atoms with Gasteiger partial charge in [0.15, 0.2) is 0 Å². The minimum absolute atomic E-state index is 0.0762. The highest BCUT2D eigenvalue weighted by Gasteiger charge is 2.24. The molecule has 3 nitrogen and oxygen atoms in total. The van der Waals surface area contributed by atoms with E-state index in [0.717, 1.165) is 18.0 Å². The molecule has 88 valence electrons. The van der Waals surface area contributed by atoms with E-state index in [-0.39, 0.29) is 12.1 Å². The summed E-state index contributed by atoms with van der Waals surface area (Å²) in [4.78, 5) is 0. The fourth-order valence-corrected chi connectivity index (χ4v) is 1.92. The third kappa shape index (κ3) is 3.19. The van der Waals surface area contributed by atoms with Crippen molar-refractivity contribution in [1.82, 2.24) is 5.32 Å². The molecule has 2 N–H and O–H groups in total. The minimum atomic E-state index is -0.370. The molecule has 0 aromatic heterocycles. The predicted molar refractivity (Wildman–Crippen MR) is 63.8 cm³/mol. The van der Waals surface area contributed by atoms with E-state index < -0.39 is 0 Å². The van der Waals surface area contributed by atoms with Crippen LogP contribution in [0.2, 0.25) is 5.02 Å². The summed E-state index contributed by atoms with van der Waals surface area (Å²) in [6.07, 6.45) is 0.561. The molecule has 1 saturated heterocycles. The molecule has 1 aromatic rings. The molecule has 0 saturated carbocycles. The van der Waals surface area contributed by atoms with Gasteiger partial charge < -0.3 is 15.2 Å². The second-order valence-corrected chi connectivity index (χ2v) is 4.48. The molecule has 0 bridgehead atoms. The Bertz CT molecular complexity index is 328. The number of aliphatic hydroxyl groups is 1. The molecule has 2 rings (SSSR count). The van der Waals surface area contributed by atoms with E-state index in [4.69, 9.17) is 16.3 Å². The Labute approximate surface area is 100 Å². The predicted octanol–water partition coefficient (Wildman–Crippen LogP) is 1.23. The van der Waals surface area contributed by atoms with Gasteiger partial charge in [0.2, 0.25) is 0 Å². The Balaban J connectivity index is 1.73. The van der Waals surface area contributed by atoms with Gasteiger partial charge in [0.1, 0.15) is 0 Å². The molecule has 0 spiro atoms. The van der Waals surface area contributed by atoms with Crippen molar-refractivity contribution in [1.29, 1.82) is 0 Å². The number of rotatable bonds is 4. The van der Waals surface area contributed by atoms with Crippen molar-refractivity contribution in [3.63, 3.8) is 0 Å². The highest BCUT2D eigenvalue weighted by atomic mass is 35.5. The lowest BCUT2D eigenvalue weighted by atomic mass is 10.1. The maximum Gasteiger partial charge on any atom is 0.0948 e. The number of aliphatic hydroxyl groups excluding tert-OH is 1. The standard InChI is InChI=1S/C12H16ClNO2/c13-10-3-1-9(2-4-10)5-6-14-11-7-16-8-12(11)15/h1-4,11-12,14-15H,5-8H2. The Morgan fingerprint density at radius 2 is 2.06 bits per heavy atom. The number of ether oxygens (including phenoxy) is 1. The van der Waals surface area contributed by atoms with Crippen LogP contribution in [-0.2, 0) is 11.2 Å². The topological polar surface area (TPSA) is 41.5 Å². The summed E-state index contributed by atoms with van der Waals surface area (Å²) in [6.45, 7) is 1.88. The van der Waals surface area contributed by atoms with Gasteiger partial charge in [0.25, 0.3) is 0 Å². The summed E-state index contributed by atoms with van der Waals surface area (Å²) in [7, 11) is 0. The Morgan fingerprint density at radius 1 is 1.31 bits per heavy atom. The van der Waals surface area contributed by atoms with Gasteiger partial charge in [0.05, 0.1) is 25.4 Å². The Hall–Kier alpha value is -0.610. The average molecular weight is 242 g/mol. The van der Waals surface area contributed by atoms with Crippen molar-refractivity contribution in [2.45, 2.75) is 18.6 Å². The number of hydrogen-bond acceptors (Lipinski definition) is 3. The first-order valence-electron chi connectivity index (χ1n) is 5.49. The van der Waals surface area contributed by atoms with Crippen molar-refractivity contribution in [3.05, 3.63) is 34.9 Å². The molecule has 1 fully saturated rings. The molecule has 1 heterocycles. The lowest BCUT2D eigenvalue weighted by molar-refractivity contribution is 0.122. The summed E-state index contributed by atoms with van der Waals surface area (Å²) in [5, 5.41) is 13.6. The van der Waals surface area contributed by atoms with Gasteiger partial charge in [-0.1, -0.05) is 23.7 Å². The van der Waals surface area contributed by atoms with Crippen molar-refractivity contribution in [2.75, 3.05) is 19.8 Å². The van der Waals surface area contributed by atoms with Gasteiger partial charge in [-0.2, -0.15) is 0 Å². The van der Waals surface area contributed by atoms with Gasteiger partial charge in [-0.3, -0.25) is 0 Å². The smallest absolute Gasteiger partial charge is 0.0948 e. The number of halogens is 1. The monoisotopic (exact) mass is 241 g/mol. The molecule has 2 atom stereocenters. The minimum Gasteiger partial charge on any atom is -0.389 e. The van der Waals surface area contributed by atoms with Crippen LogP contribution in [0.5, 0.6) is 0 Å². The van der Waals surface area contributed by atoms with Crippen LogP contribution in [0, 0.1) is 0 Å². The van der Waals surface area contributed by atoms with Gasteiger partial charge in [-0.05, 0) is 30.7 Å². The molecule has 0 amide bonds. The maximum atomic E-state index is 9.52. The summed E-state index contributed by atoms with van der Waals surface area (Å²) in [5.74, 6) is 0. The van der Waals surface area contributed by atoms with Crippen LogP contribution in [0.25, 0.3) is 0 Å². The highest BCUT2D eigenvalue weighted by Crippen LogP contribution is 2.10. The van der Waals surface area contributed by atoms with E-state index in [2.05, 4.69) is 5.32 Å². The molecule has 16 heavy (non-hydrogen) atoms. The van der Waals surface area contributed by atoms with E-state index in [0.29, 0.717) is 13.2 Å². The molecule has 2 unspecified atom stereocenters.